The Labute approximate surface area is 210 Å². The number of nitrogens with zero attached hydrogens (tertiary/aromatic N) is 2. The molecule has 10 heteroatoms. The maximum Gasteiger partial charge on any atom is 0.321 e. The summed E-state index contributed by atoms with van der Waals surface area (Å²) in [4.78, 5) is 11.9. The number of hydrogen-bond acceptors (Lipinski definition) is 3. The Bertz CT molecular complexity index is 1350. The van der Waals surface area contributed by atoms with Crippen LogP contribution >= 0.6 is 11.6 Å². The molecule has 1 heterocycles. The molecule has 0 saturated heterocycles. The van der Waals surface area contributed by atoms with Crippen molar-refractivity contribution in [2.75, 3.05) is 0 Å². The standard InChI is InChI=1S/C25H20ClF4N3O2.CH4/c1-14(32-24(34)25(2,29)30)23(15-9-17(26)12-19(28)10-15)35-21-7-8-22-16(11-21)13-31-33(22)20-5-3-18(27)4-6-20;/h3-14,23H,1-2H3,(H,32,34);1H4/t14-,23-;/m0./s1. The molecular formula is C26H24ClF4N3O2. The van der Waals surface area contributed by atoms with Gasteiger partial charge in [-0.2, -0.15) is 13.9 Å². The molecule has 0 unspecified atom stereocenters. The lowest BCUT2D eigenvalue weighted by molar-refractivity contribution is -0.144. The van der Waals surface area contributed by atoms with Gasteiger partial charge in [-0.05, 0) is 73.2 Å². The molecule has 0 bridgehead atoms. The van der Waals surface area contributed by atoms with Gasteiger partial charge in [0.1, 0.15) is 23.5 Å². The largest absolute Gasteiger partial charge is 0.484 e. The summed E-state index contributed by atoms with van der Waals surface area (Å²) < 4.78 is 61.9. The molecule has 0 aliphatic heterocycles. The second kappa shape index (κ2) is 10.6. The van der Waals surface area contributed by atoms with Crippen LogP contribution in [0.1, 0.15) is 32.9 Å². The summed E-state index contributed by atoms with van der Waals surface area (Å²) in [6.45, 7) is 1.95. The number of fused-ring (bicyclic) bond motifs is 1. The lowest BCUT2D eigenvalue weighted by Crippen LogP contribution is -2.46. The molecule has 1 aromatic heterocycles. The fourth-order valence-electron chi connectivity index (χ4n) is 3.63. The Hall–Kier alpha value is -3.59. The molecule has 0 aliphatic rings. The number of alkyl halides is 2. The number of aromatic nitrogens is 2. The number of carbonyl (C=O) groups is 1. The average Bonchev–Trinajstić information content (AvgIpc) is 3.19. The first-order valence-electron chi connectivity index (χ1n) is 10.6. The topological polar surface area (TPSA) is 56.1 Å². The van der Waals surface area contributed by atoms with Crippen molar-refractivity contribution in [2.24, 2.45) is 0 Å². The highest BCUT2D eigenvalue weighted by Crippen LogP contribution is 2.31. The normalized spacial score (nSPS) is 13.1. The maximum absolute atomic E-state index is 14.1. The smallest absolute Gasteiger partial charge is 0.321 e. The van der Waals surface area contributed by atoms with Gasteiger partial charge >= 0.3 is 5.92 Å². The monoisotopic (exact) mass is 521 g/mol. The Kier molecular flexibility index (Phi) is 7.93. The summed E-state index contributed by atoms with van der Waals surface area (Å²) in [5, 5.41) is 7.32. The zero-order valence-corrected chi connectivity index (χ0v) is 19.4. The number of rotatable bonds is 7. The van der Waals surface area contributed by atoms with Crippen LogP contribution in [0.15, 0.2) is 66.9 Å². The van der Waals surface area contributed by atoms with Crippen LogP contribution in [0.25, 0.3) is 16.6 Å². The van der Waals surface area contributed by atoms with Gasteiger partial charge in [0.05, 0.1) is 23.4 Å². The van der Waals surface area contributed by atoms with Crippen molar-refractivity contribution >= 4 is 28.4 Å². The number of nitrogens with one attached hydrogen (secondary N) is 1. The average molecular weight is 522 g/mol. The van der Waals surface area contributed by atoms with Crippen molar-refractivity contribution in [2.45, 2.75) is 39.3 Å². The van der Waals surface area contributed by atoms with Crippen molar-refractivity contribution in [3.63, 3.8) is 0 Å². The van der Waals surface area contributed by atoms with Gasteiger partial charge in [0, 0.05) is 17.3 Å². The van der Waals surface area contributed by atoms with Crippen molar-refractivity contribution in [3.05, 3.63) is 89.1 Å². The van der Waals surface area contributed by atoms with Gasteiger partial charge in [-0.3, -0.25) is 4.79 Å². The number of benzene rings is 3. The van der Waals surface area contributed by atoms with Crippen molar-refractivity contribution < 1.29 is 27.1 Å². The molecule has 36 heavy (non-hydrogen) atoms. The predicted molar refractivity (Wildman–Crippen MR) is 131 cm³/mol. The van der Waals surface area contributed by atoms with E-state index in [1.165, 1.54) is 25.1 Å². The Morgan fingerprint density at radius 3 is 2.39 bits per heavy atom. The number of ether oxygens (including phenoxy) is 1. The molecule has 0 aliphatic carbocycles. The van der Waals surface area contributed by atoms with Gasteiger partial charge in [0.15, 0.2) is 0 Å². The van der Waals surface area contributed by atoms with E-state index in [1.54, 1.807) is 41.2 Å². The van der Waals surface area contributed by atoms with Crippen molar-refractivity contribution in [1.82, 2.24) is 15.1 Å². The van der Waals surface area contributed by atoms with Gasteiger partial charge in [0.2, 0.25) is 0 Å². The van der Waals surface area contributed by atoms with Crippen LogP contribution in [0.4, 0.5) is 17.6 Å². The summed E-state index contributed by atoms with van der Waals surface area (Å²) >= 11 is 5.99. The number of carbonyl (C=O) groups excluding carboxylic acids is 1. The third kappa shape index (κ3) is 5.96. The molecule has 0 radical (unpaired) electrons. The highest BCUT2D eigenvalue weighted by atomic mass is 35.5. The van der Waals surface area contributed by atoms with E-state index >= 15 is 0 Å². The van der Waals surface area contributed by atoms with Gasteiger partial charge in [-0.15, -0.1) is 0 Å². The highest BCUT2D eigenvalue weighted by molar-refractivity contribution is 6.30. The van der Waals surface area contributed by atoms with Crippen LogP contribution in [0.2, 0.25) is 5.02 Å². The first-order chi connectivity index (χ1) is 16.5. The summed E-state index contributed by atoms with van der Waals surface area (Å²) in [7, 11) is 0. The first kappa shape index (κ1) is 27.0. The minimum atomic E-state index is -3.60. The summed E-state index contributed by atoms with van der Waals surface area (Å²) in [5.41, 5.74) is 1.62. The minimum Gasteiger partial charge on any atom is -0.484 e. The van der Waals surface area contributed by atoms with E-state index in [0.29, 0.717) is 29.3 Å². The molecule has 5 nitrogen and oxygen atoms in total. The highest BCUT2D eigenvalue weighted by Gasteiger charge is 2.35. The van der Waals surface area contributed by atoms with Crippen LogP contribution in [-0.4, -0.2) is 27.7 Å². The van der Waals surface area contributed by atoms with Gasteiger partial charge in [-0.1, -0.05) is 19.0 Å². The predicted octanol–water partition coefficient (Wildman–Crippen LogP) is 6.87. The molecule has 0 fully saturated rings. The van der Waals surface area contributed by atoms with Crippen molar-refractivity contribution in [3.8, 4) is 11.4 Å². The lowest BCUT2D eigenvalue weighted by atomic mass is 10.0. The molecule has 1 N–H and O–H groups in total. The zero-order chi connectivity index (χ0) is 25.3. The van der Waals surface area contributed by atoms with Gasteiger partial charge in [-0.25, -0.2) is 13.5 Å². The molecule has 2 atom stereocenters. The third-order valence-corrected chi connectivity index (χ3v) is 5.52. The molecule has 4 rings (SSSR count). The maximum atomic E-state index is 14.1. The summed E-state index contributed by atoms with van der Waals surface area (Å²) in [5.74, 6) is -5.78. The molecule has 190 valence electrons. The van der Waals surface area contributed by atoms with Gasteiger partial charge in [0.25, 0.3) is 5.91 Å². The number of amides is 1. The lowest BCUT2D eigenvalue weighted by Gasteiger charge is -2.27. The Morgan fingerprint density at radius 2 is 1.75 bits per heavy atom. The summed E-state index contributed by atoms with van der Waals surface area (Å²) in [6, 6.07) is 13.6. The third-order valence-electron chi connectivity index (χ3n) is 5.30. The second-order valence-corrected chi connectivity index (χ2v) is 8.58. The zero-order valence-electron chi connectivity index (χ0n) is 18.6. The van der Waals surface area contributed by atoms with Crippen LogP contribution in [0.3, 0.4) is 0 Å². The molecule has 0 saturated carbocycles. The van der Waals surface area contributed by atoms with E-state index in [4.69, 9.17) is 16.3 Å². The van der Waals surface area contributed by atoms with E-state index in [2.05, 4.69) is 10.4 Å². The molecule has 3 aromatic carbocycles. The minimum absolute atomic E-state index is 0. The van der Waals surface area contributed by atoms with Crippen LogP contribution in [-0.2, 0) is 4.79 Å². The molecule has 1 amide bonds. The molecule has 0 spiro atoms. The molecule has 4 aromatic rings. The summed E-state index contributed by atoms with van der Waals surface area (Å²) in [6.07, 6.45) is 0.543. The SMILES string of the molecule is C.C[C@H](NC(=O)C(C)(F)F)[C@H](Oc1ccc2c(cnn2-c2ccc(F)cc2)c1)c1cc(F)cc(Cl)c1. The Balaban J connectivity index is 0.00000361. The number of halogens is 5. The number of hydrogen-bond donors (Lipinski definition) is 1. The van der Waals surface area contributed by atoms with E-state index in [1.807, 2.05) is 0 Å². The first-order valence-corrected chi connectivity index (χ1v) is 10.9. The molecular weight excluding hydrogens is 498 g/mol. The van der Waals surface area contributed by atoms with E-state index in [-0.39, 0.29) is 23.8 Å². The second-order valence-electron chi connectivity index (χ2n) is 8.15. The van der Waals surface area contributed by atoms with Crippen LogP contribution < -0.4 is 10.1 Å². The fraction of sp³-hybridized carbons (Fsp3) is 0.231. The Morgan fingerprint density at radius 1 is 1.06 bits per heavy atom. The van der Waals surface area contributed by atoms with Crippen molar-refractivity contribution in [1.29, 1.82) is 0 Å². The van der Waals surface area contributed by atoms with E-state index in [0.717, 1.165) is 12.1 Å². The van der Waals surface area contributed by atoms with Crippen LogP contribution in [0.5, 0.6) is 5.75 Å². The van der Waals surface area contributed by atoms with Gasteiger partial charge < -0.3 is 10.1 Å². The van der Waals surface area contributed by atoms with E-state index in [9.17, 15) is 22.4 Å². The van der Waals surface area contributed by atoms with E-state index < -0.39 is 29.8 Å². The van der Waals surface area contributed by atoms with Crippen LogP contribution in [0, 0.1) is 11.6 Å². The fourth-order valence-corrected chi connectivity index (χ4v) is 3.86. The quantitative estimate of drug-likeness (QED) is 0.270.